The highest BCUT2D eigenvalue weighted by atomic mass is 35.5. The summed E-state index contributed by atoms with van der Waals surface area (Å²) in [5.74, 6) is 0.0478. The maximum absolute atomic E-state index is 12.4. The van der Waals surface area contributed by atoms with Gasteiger partial charge in [-0.3, -0.25) is 14.4 Å². The van der Waals surface area contributed by atoms with Gasteiger partial charge in [0.25, 0.3) is 5.91 Å². The van der Waals surface area contributed by atoms with Crippen LogP contribution in [0, 0.1) is 0 Å². The summed E-state index contributed by atoms with van der Waals surface area (Å²) in [5.41, 5.74) is 0.585. The van der Waals surface area contributed by atoms with Crippen molar-refractivity contribution in [2.45, 2.75) is 13.3 Å². The van der Waals surface area contributed by atoms with Gasteiger partial charge in [-0.1, -0.05) is 18.5 Å². The smallest absolute Gasteiger partial charge is 0.260 e. The first-order chi connectivity index (χ1) is 14.9. The molecule has 0 spiro atoms. The minimum atomic E-state index is -0.432. The second-order valence-electron chi connectivity index (χ2n) is 6.61. The molecule has 0 unspecified atom stereocenters. The standard InChI is InChI=1S/C22H26ClN3O5/c1-3-12-26(22(29)15-31-19-8-4-16(23)5-9-19)14-21(28)24-13-20(27)25-17-6-10-18(30-2)11-7-17/h4-11H,3,12-15H2,1-2H3,(H,24,28)(H,25,27). The molecule has 0 saturated carbocycles. The van der Waals surface area contributed by atoms with E-state index in [2.05, 4.69) is 10.6 Å². The van der Waals surface area contributed by atoms with Crippen LogP contribution in [0.25, 0.3) is 0 Å². The quantitative estimate of drug-likeness (QED) is 0.552. The molecule has 3 amide bonds. The van der Waals surface area contributed by atoms with Crippen LogP contribution in [0.2, 0.25) is 5.02 Å². The van der Waals surface area contributed by atoms with Crippen molar-refractivity contribution in [3.63, 3.8) is 0 Å². The Hall–Kier alpha value is -3.26. The number of halogens is 1. The van der Waals surface area contributed by atoms with E-state index in [4.69, 9.17) is 21.1 Å². The average molecular weight is 448 g/mol. The summed E-state index contributed by atoms with van der Waals surface area (Å²) in [6.07, 6.45) is 0.678. The first-order valence-electron chi connectivity index (χ1n) is 9.78. The van der Waals surface area contributed by atoms with Crippen LogP contribution >= 0.6 is 11.6 Å². The molecule has 2 aromatic carbocycles. The van der Waals surface area contributed by atoms with Crippen molar-refractivity contribution in [1.82, 2.24) is 10.2 Å². The summed E-state index contributed by atoms with van der Waals surface area (Å²) < 4.78 is 10.5. The Bertz CT molecular complexity index is 872. The number of amides is 3. The maximum Gasteiger partial charge on any atom is 0.260 e. The third-order valence-electron chi connectivity index (χ3n) is 4.18. The van der Waals surface area contributed by atoms with Crippen molar-refractivity contribution in [1.29, 1.82) is 0 Å². The van der Waals surface area contributed by atoms with Crippen LogP contribution in [0.3, 0.4) is 0 Å². The first-order valence-corrected chi connectivity index (χ1v) is 10.2. The predicted molar refractivity (Wildman–Crippen MR) is 118 cm³/mol. The predicted octanol–water partition coefficient (Wildman–Crippen LogP) is 2.72. The molecule has 0 atom stereocenters. The second-order valence-corrected chi connectivity index (χ2v) is 7.05. The summed E-state index contributed by atoms with van der Waals surface area (Å²) >= 11 is 5.82. The van der Waals surface area contributed by atoms with E-state index in [-0.39, 0.29) is 31.5 Å². The number of carbonyl (C=O) groups is 3. The zero-order chi connectivity index (χ0) is 22.6. The number of hydrogen-bond donors (Lipinski definition) is 2. The lowest BCUT2D eigenvalue weighted by molar-refractivity contribution is -0.137. The second kappa shape index (κ2) is 12.4. The van der Waals surface area contributed by atoms with Gasteiger partial charge >= 0.3 is 0 Å². The monoisotopic (exact) mass is 447 g/mol. The topological polar surface area (TPSA) is 97.0 Å². The van der Waals surface area contributed by atoms with Crippen molar-refractivity contribution in [2.24, 2.45) is 0 Å². The van der Waals surface area contributed by atoms with E-state index >= 15 is 0 Å². The lowest BCUT2D eigenvalue weighted by Crippen LogP contribution is -2.44. The third kappa shape index (κ3) is 8.55. The molecule has 2 rings (SSSR count). The fourth-order valence-electron chi connectivity index (χ4n) is 2.62. The van der Waals surface area contributed by atoms with Gasteiger partial charge < -0.3 is 25.0 Å². The molecule has 0 aliphatic carbocycles. The van der Waals surface area contributed by atoms with Gasteiger partial charge in [-0.2, -0.15) is 0 Å². The van der Waals surface area contributed by atoms with Gasteiger partial charge in [-0.05, 0) is 55.0 Å². The van der Waals surface area contributed by atoms with Gasteiger partial charge in [0.1, 0.15) is 11.5 Å². The Balaban J connectivity index is 1.78. The fraction of sp³-hybridized carbons (Fsp3) is 0.318. The van der Waals surface area contributed by atoms with Crippen molar-refractivity contribution in [2.75, 3.05) is 38.7 Å². The van der Waals surface area contributed by atoms with Gasteiger partial charge in [-0.25, -0.2) is 0 Å². The highest BCUT2D eigenvalue weighted by molar-refractivity contribution is 6.30. The Morgan fingerprint density at radius 2 is 1.61 bits per heavy atom. The summed E-state index contributed by atoms with van der Waals surface area (Å²) in [5, 5.41) is 5.77. The van der Waals surface area contributed by atoms with Crippen LogP contribution in [-0.4, -0.2) is 56.0 Å². The molecule has 31 heavy (non-hydrogen) atoms. The molecule has 0 saturated heterocycles. The zero-order valence-electron chi connectivity index (χ0n) is 17.5. The van der Waals surface area contributed by atoms with E-state index in [9.17, 15) is 14.4 Å². The molecule has 0 bridgehead atoms. The van der Waals surface area contributed by atoms with Crippen molar-refractivity contribution >= 4 is 35.0 Å². The molecule has 0 aliphatic rings. The van der Waals surface area contributed by atoms with Gasteiger partial charge in [0.15, 0.2) is 6.61 Å². The SMILES string of the molecule is CCCN(CC(=O)NCC(=O)Nc1ccc(OC)cc1)C(=O)COc1ccc(Cl)cc1. The summed E-state index contributed by atoms with van der Waals surface area (Å²) in [6.45, 7) is 1.73. The molecule has 9 heteroatoms. The van der Waals surface area contributed by atoms with Crippen molar-refractivity contribution in [3.05, 3.63) is 53.6 Å². The lowest BCUT2D eigenvalue weighted by atomic mass is 10.3. The normalized spacial score (nSPS) is 10.2. The van der Waals surface area contributed by atoms with E-state index in [0.717, 1.165) is 0 Å². The van der Waals surface area contributed by atoms with E-state index in [1.807, 2.05) is 6.92 Å². The molecule has 166 valence electrons. The molecule has 2 aromatic rings. The number of benzene rings is 2. The number of carbonyl (C=O) groups excluding carboxylic acids is 3. The maximum atomic E-state index is 12.4. The lowest BCUT2D eigenvalue weighted by Gasteiger charge is -2.21. The minimum Gasteiger partial charge on any atom is -0.497 e. The van der Waals surface area contributed by atoms with Gasteiger partial charge in [0.05, 0.1) is 20.2 Å². The molecule has 0 heterocycles. The zero-order valence-corrected chi connectivity index (χ0v) is 18.3. The summed E-state index contributed by atoms with van der Waals surface area (Å²) in [4.78, 5) is 38.1. The van der Waals surface area contributed by atoms with E-state index in [1.165, 1.54) is 4.90 Å². The van der Waals surface area contributed by atoms with Crippen molar-refractivity contribution < 1.29 is 23.9 Å². The van der Waals surface area contributed by atoms with Crippen LogP contribution in [0.15, 0.2) is 48.5 Å². The van der Waals surface area contributed by atoms with E-state index in [0.29, 0.717) is 35.2 Å². The Labute approximate surface area is 186 Å². The molecule has 0 fully saturated rings. The van der Waals surface area contributed by atoms with Gasteiger partial charge in [0, 0.05) is 17.3 Å². The highest BCUT2D eigenvalue weighted by Crippen LogP contribution is 2.16. The molecule has 2 N–H and O–H groups in total. The third-order valence-corrected chi connectivity index (χ3v) is 4.43. The minimum absolute atomic E-state index is 0.160. The van der Waals surface area contributed by atoms with Crippen LogP contribution in [0.1, 0.15) is 13.3 Å². The van der Waals surface area contributed by atoms with Gasteiger partial charge in [-0.15, -0.1) is 0 Å². The summed E-state index contributed by atoms with van der Waals surface area (Å²) in [6, 6.07) is 13.5. The van der Waals surface area contributed by atoms with Crippen LogP contribution in [-0.2, 0) is 14.4 Å². The Morgan fingerprint density at radius 3 is 2.23 bits per heavy atom. The van der Waals surface area contributed by atoms with Gasteiger partial charge in [0.2, 0.25) is 11.8 Å². The number of ether oxygens (including phenoxy) is 2. The number of nitrogens with one attached hydrogen (secondary N) is 2. The molecule has 0 aromatic heterocycles. The number of rotatable bonds is 11. The van der Waals surface area contributed by atoms with E-state index in [1.54, 1.807) is 55.6 Å². The molecular weight excluding hydrogens is 422 g/mol. The molecule has 8 nitrogen and oxygen atoms in total. The molecule has 0 aliphatic heterocycles. The highest BCUT2D eigenvalue weighted by Gasteiger charge is 2.17. The van der Waals surface area contributed by atoms with Crippen LogP contribution in [0.5, 0.6) is 11.5 Å². The largest absolute Gasteiger partial charge is 0.497 e. The first kappa shape index (κ1) is 24.0. The van der Waals surface area contributed by atoms with Crippen molar-refractivity contribution in [3.8, 4) is 11.5 Å². The van der Waals surface area contributed by atoms with E-state index < -0.39 is 5.91 Å². The Morgan fingerprint density at radius 1 is 0.968 bits per heavy atom. The average Bonchev–Trinajstić information content (AvgIpc) is 2.77. The van der Waals surface area contributed by atoms with Crippen LogP contribution in [0.4, 0.5) is 5.69 Å². The fourth-order valence-corrected chi connectivity index (χ4v) is 2.74. The molecular formula is C22H26ClN3O5. The summed E-state index contributed by atoms with van der Waals surface area (Å²) in [7, 11) is 1.56. The number of hydrogen-bond acceptors (Lipinski definition) is 5. The molecule has 0 radical (unpaired) electrons. The van der Waals surface area contributed by atoms with Crippen LogP contribution < -0.4 is 20.1 Å². The number of anilines is 1. The number of nitrogens with zero attached hydrogens (tertiary/aromatic N) is 1. The Kier molecular flexibility index (Phi) is 9.64. The number of methoxy groups -OCH3 is 1.